The lowest BCUT2D eigenvalue weighted by atomic mass is 9.89. The number of hydrogen-bond donors (Lipinski definition) is 1. The monoisotopic (exact) mass is 254 g/mol. The van der Waals surface area contributed by atoms with E-state index in [1.165, 1.54) is 12.7 Å². The van der Waals surface area contributed by atoms with Crippen LogP contribution in [0.25, 0.3) is 0 Å². The first-order chi connectivity index (χ1) is 8.13. The fraction of sp³-hybridized carbons (Fsp3) is 0.667. The molecule has 2 unspecified atom stereocenters. The number of anilines is 2. The van der Waals surface area contributed by atoms with Gasteiger partial charge in [-0.3, -0.25) is 0 Å². The second kappa shape index (κ2) is 5.08. The van der Waals surface area contributed by atoms with Crippen molar-refractivity contribution < 1.29 is 0 Å². The second-order valence-electron chi connectivity index (χ2n) is 4.80. The lowest BCUT2D eigenvalue weighted by Gasteiger charge is -2.36. The highest BCUT2D eigenvalue weighted by Crippen LogP contribution is 2.32. The highest BCUT2D eigenvalue weighted by atomic mass is 35.5. The van der Waals surface area contributed by atoms with Gasteiger partial charge in [-0.05, 0) is 18.3 Å². The molecule has 0 amide bonds. The van der Waals surface area contributed by atoms with E-state index in [0.717, 1.165) is 30.5 Å². The molecule has 5 heteroatoms. The van der Waals surface area contributed by atoms with Gasteiger partial charge in [0.2, 0.25) is 0 Å². The molecular formula is C12H19ClN4. The topological polar surface area (TPSA) is 41.1 Å². The summed E-state index contributed by atoms with van der Waals surface area (Å²) < 4.78 is 0. The van der Waals surface area contributed by atoms with Crippen molar-refractivity contribution in [2.45, 2.75) is 20.3 Å². The van der Waals surface area contributed by atoms with Crippen LogP contribution in [0, 0.1) is 11.8 Å². The SMILES string of the molecule is CNc1c(Cl)ncnc1N1CCC(C)C(C)C1. The number of rotatable bonds is 2. The summed E-state index contributed by atoms with van der Waals surface area (Å²) in [5.74, 6) is 2.38. The average Bonchev–Trinajstić information content (AvgIpc) is 2.32. The number of nitrogens with zero attached hydrogens (tertiary/aromatic N) is 3. The van der Waals surface area contributed by atoms with Gasteiger partial charge in [-0.25, -0.2) is 9.97 Å². The molecule has 0 radical (unpaired) electrons. The van der Waals surface area contributed by atoms with E-state index in [1.807, 2.05) is 7.05 Å². The Morgan fingerprint density at radius 3 is 2.76 bits per heavy atom. The number of piperidine rings is 1. The molecule has 0 aromatic carbocycles. The van der Waals surface area contributed by atoms with Crippen molar-refractivity contribution in [1.82, 2.24) is 9.97 Å². The normalized spacial score (nSPS) is 24.8. The van der Waals surface area contributed by atoms with Gasteiger partial charge in [-0.15, -0.1) is 0 Å². The molecule has 1 aliphatic heterocycles. The van der Waals surface area contributed by atoms with Gasteiger partial charge in [-0.1, -0.05) is 25.4 Å². The number of nitrogens with one attached hydrogen (secondary N) is 1. The molecule has 2 rings (SSSR count). The van der Waals surface area contributed by atoms with Crippen LogP contribution < -0.4 is 10.2 Å². The van der Waals surface area contributed by atoms with E-state index < -0.39 is 0 Å². The minimum Gasteiger partial charge on any atom is -0.383 e. The third kappa shape index (κ3) is 2.46. The first kappa shape index (κ1) is 12.4. The molecule has 0 saturated carbocycles. The summed E-state index contributed by atoms with van der Waals surface area (Å²) in [7, 11) is 1.85. The molecule has 0 spiro atoms. The van der Waals surface area contributed by atoms with Crippen molar-refractivity contribution >= 4 is 23.1 Å². The van der Waals surface area contributed by atoms with Gasteiger partial charge in [0.25, 0.3) is 0 Å². The Balaban J connectivity index is 2.25. The zero-order valence-electron chi connectivity index (χ0n) is 10.6. The largest absolute Gasteiger partial charge is 0.383 e. The van der Waals surface area contributed by atoms with Crippen molar-refractivity contribution in [3.63, 3.8) is 0 Å². The Hall–Kier alpha value is -1.03. The second-order valence-corrected chi connectivity index (χ2v) is 5.16. The Kier molecular flexibility index (Phi) is 3.72. The van der Waals surface area contributed by atoms with E-state index in [1.54, 1.807) is 0 Å². The van der Waals surface area contributed by atoms with Crippen LogP contribution in [-0.4, -0.2) is 30.1 Å². The van der Waals surface area contributed by atoms with Gasteiger partial charge in [0.05, 0.1) is 0 Å². The van der Waals surface area contributed by atoms with Crippen molar-refractivity contribution in [2.24, 2.45) is 11.8 Å². The first-order valence-corrected chi connectivity index (χ1v) is 6.44. The van der Waals surface area contributed by atoms with Gasteiger partial charge in [0.1, 0.15) is 12.0 Å². The molecular weight excluding hydrogens is 236 g/mol. The first-order valence-electron chi connectivity index (χ1n) is 6.06. The minimum atomic E-state index is 0.490. The fourth-order valence-electron chi connectivity index (χ4n) is 2.27. The number of aromatic nitrogens is 2. The number of hydrogen-bond acceptors (Lipinski definition) is 4. The van der Waals surface area contributed by atoms with Gasteiger partial charge in [0.15, 0.2) is 11.0 Å². The Morgan fingerprint density at radius 2 is 2.12 bits per heavy atom. The zero-order valence-corrected chi connectivity index (χ0v) is 11.3. The van der Waals surface area contributed by atoms with E-state index in [4.69, 9.17) is 11.6 Å². The molecule has 1 fully saturated rings. The maximum absolute atomic E-state index is 6.07. The molecule has 2 atom stereocenters. The molecule has 94 valence electrons. The summed E-state index contributed by atoms with van der Waals surface area (Å²) in [4.78, 5) is 10.7. The fourth-order valence-corrected chi connectivity index (χ4v) is 2.49. The highest BCUT2D eigenvalue weighted by molar-refractivity contribution is 6.32. The Labute approximate surface area is 107 Å². The van der Waals surface area contributed by atoms with E-state index in [-0.39, 0.29) is 0 Å². The lowest BCUT2D eigenvalue weighted by Crippen LogP contribution is -2.39. The van der Waals surface area contributed by atoms with Crippen LogP contribution in [0.1, 0.15) is 20.3 Å². The molecule has 1 aliphatic rings. The predicted molar refractivity (Wildman–Crippen MR) is 71.7 cm³/mol. The standard InChI is InChI=1S/C12H19ClN4/c1-8-4-5-17(6-9(8)2)12-10(14-3)11(13)15-7-16-12/h7-9,14H,4-6H2,1-3H3. The van der Waals surface area contributed by atoms with Crippen molar-refractivity contribution in [2.75, 3.05) is 30.4 Å². The molecule has 0 aliphatic carbocycles. The summed E-state index contributed by atoms with van der Waals surface area (Å²) >= 11 is 6.07. The van der Waals surface area contributed by atoms with Gasteiger partial charge in [0, 0.05) is 20.1 Å². The van der Waals surface area contributed by atoms with E-state index >= 15 is 0 Å². The molecule has 1 aromatic heterocycles. The van der Waals surface area contributed by atoms with E-state index in [9.17, 15) is 0 Å². The molecule has 0 bridgehead atoms. The third-order valence-corrected chi connectivity index (χ3v) is 3.95. The average molecular weight is 255 g/mol. The van der Waals surface area contributed by atoms with Crippen LogP contribution in [0.3, 0.4) is 0 Å². The van der Waals surface area contributed by atoms with Crippen molar-refractivity contribution in [3.05, 3.63) is 11.5 Å². The van der Waals surface area contributed by atoms with Crippen LogP contribution in [0.4, 0.5) is 11.5 Å². The van der Waals surface area contributed by atoms with Gasteiger partial charge in [-0.2, -0.15) is 0 Å². The van der Waals surface area contributed by atoms with Crippen molar-refractivity contribution in [1.29, 1.82) is 0 Å². The van der Waals surface area contributed by atoms with Crippen LogP contribution in [0.15, 0.2) is 6.33 Å². The van der Waals surface area contributed by atoms with E-state index in [2.05, 4.69) is 34.0 Å². The van der Waals surface area contributed by atoms with Crippen LogP contribution >= 0.6 is 11.6 Å². The number of halogens is 1. The molecule has 1 aromatic rings. The van der Waals surface area contributed by atoms with Gasteiger partial charge < -0.3 is 10.2 Å². The molecule has 4 nitrogen and oxygen atoms in total. The van der Waals surface area contributed by atoms with Gasteiger partial charge >= 0.3 is 0 Å². The summed E-state index contributed by atoms with van der Waals surface area (Å²) in [6.45, 7) is 6.67. The molecule has 1 saturated heterocycles. The lowest BCUT2D eigenvalue weighted by molar-refractivity contribution is 0.323. The van der Waals surface area contributed by atoms with Crippen molar-refractivity contribution in [3.8, 4) is 0 Å². The maximum Gasteiger partial charge on any atom is 0.157 e. The summed E-state index contributed by atoms with van der Waals surface area (Å²) in [6, 6.07) is 0. The zero-order chi connectivity index (χ0) is 12.4. The summed E-state index contributed by atoms with van der Waals surface area (Å²) in [5, 5.41) is 3.58. The third-order valence-electron chi connectivity index (χ3n) is 3.66. The van der Waals surface area contributed by atoms with Crippen LogP contribution in [0.5, 0.6) is 0 Å². The smallest absolute Gasteiger partial charge is 0.157 e. The molecule has 17 heavy (non-hydrogen) atoms. The summed E-state index contributed by atoms with van der Waals surface area (Å²) in [5.41, 5.74) is 0.830. The van der Waals surface area contributed by atoms with Crippen LogP contribution in [0.2, 0.25) is 5.15 Å². The molecule has 1 N–H and O–H groups in total. The van der Waals surface area contributed by atoms with Crippen LogP contribution in [-0.2, 0) is 0 Å². The summed E-state index contributed by atoms with van der Waals surface area (Å²) in [6.07, 6.45) is 2.73. The Bertz CT molecular complexity index is 396. The Morgan fingerprint density at radius 1 is 1.35 bits per heavy atom. The maximum atomic E-state index is 6.07. The molecule has 2 heterocycles. The minimum absolute atomic E-state index is 0.490. The van der Waals surface area contributed by atoms with E-state index in [0.29, 0.717) is 11.1 Å². The highest BCUT2D eigenvalue weighted by Gasteiger charge is 2.25. The quantitative estimate of drug-likeness (QED) is 0.824. The predicted octanol–water partition coefficient (Wildman–Crippen LogP) is 2.65.